The molecule has 2 rings (SSSR count). The number of aromatic nitrogens is 2. The van der Waals surface area contributed by atoms with Crippen molar-refractivity contribution < 1.29 is 14.6 Å². The zero-order valence-electron chi connectivity index (χ0n) is 9.40. The number of esters is 1. The molecule has 0 radical (unpaired) electrons. The Labute approximate surface area is 94.0 Å². The van der Waals surface area contributed by atoms with E-state index in [9.17, 15) is 9.90 Å². The smallest absolute Gasteiger partial charge is 0.327 e. The van der Waals surface area contributed by atoms with Gasteiger partial charge >= 0.3 is 5.97 Å². The summed E-state index contributed by atoms with van der Waals surface area (Å²) in [5, 5.41) is 14.1. The summed E-state index contributed by atoms with van der Waals surface area (Å²) in [7, 11) is 0. The second-order valence-corrected chi connectivity index (χ2v) is 3.92. The van der Waals surface area contributed by atoms with Gasteiger partial charge in [0.1, 0.15) is 6.54 Å². The molecule has 0 fully saturated rings. The van der Waals surface area contributed by atoms with E-state index in [1.807, 2.05) is 0 Å². The summed E-state index contributed by atoms with van der Waals surface area (Å²) in [6.07, 6.45) is 3.91. The van der Waals surface area contributed by atoms with Gasteiger partial charge in [-0.05, 0) is 32.6 Å². The lowest BCUT2D eigenvalue weighted by atomic mass is 9.98. The Bertz CT molecular complexity index is 398. The van der Waals surface area contributed by atoms with E-state index >= 15 is 0 Å². The van der Waals surface area contributed by atoms with E-state index in [0.717, 1.165) is 36.9 Å². The van der Waals surface area contributed by atoms with Crippen LogP contribution in [0.4, 0.5) is 0 Å². The highest BCUT2D eigenvalue weighted by Gasteiger charge is 2.21. The van der Waals surface area contributed by atoms with Crippen molar-refractivity contribution in [2.45, 2.75) is 39.2 Å². The van der Waals surface area contributed by atoms with E-state index in [0.29, 0.717) is 6.61 Å². The summed E-state index contributed by atoms with van der Waals surface area (Å²) in [4.78, 5) is 11.3. The summed E-state index contributed by atoms with van der Waals surface area (Å²) >= 11 is 0. The average Bonchev–Trinajstić information content (AvgIpc) is 2.57. The number of hydrogen-bond donors (Lipinski definition) is 1. The molecule has 88 valence electrons. The largest absolute Gasteiger partial charge is 0.493 e. The molecule has 1 N–H and O–H groups in total. The molecule has 16 heavy (non-hydrogen) atoms. The van der Waals surface area contributed by atoms with Gasteiger partial charge in [0.15, 0.2) is 0 Å². The highest BCUT2D eigenvalue weighted by molar-refractivity contribution is 5.69. The van der Waals surface area contributed by atoms with Crippen LogP contribution in [0.1, 0.15) is 31.0 Å². The molecule has 0 aromatic carbocycles. The van der Waals surface area contributed by atoms with Crippen LogP contribution in [0, 0.1) is 0 Å². The fourth-order valence-corrected chi connectivity index (χ4v) is 2.03. The van der Waals surface area contributed by atoms with Crippen LogP contribution in [0.15, 0.2) is 0 Å². The first-order chi connectivity index (χ1) is 7.72. The minimum atomic E-state index is -0.363. The maximum atomic E-state index is 11.3. The Morgan fingerprint density at radius 1 is 1.50 bits per heavy atom. The van der Waals surface area contributed by atoms with Gasteiger partial charge in [-0.3, -0.25) is 4.79 Å². The zero-order chi connectivity index (χ0) is 11.5. The number of rotatable bonds is 3. The summed E-state index contributed by atoms with van der Waals surface area (Å²) < 4.78 is 6.16. The molecule has 0 saturated heterocycles. The quantitative estimate of drug-likeness (QED) is 0.779. The van der Waals surface area contributed by atoms with Crippen LogP contribution in [0.3, 0.4) is 0 Å². The Hall–Kier alpha value is -1.52. The molecule has 0 atom stereocenters. The number of carbonyl (C=O) groups is 1. The Balaban J connectivity index is 2.15. The highest BCUT2D eigenvalue weighted by atomic mass is 16.5. The Morgan fingerprint density at radius 3 is 2.94 bits per heavy atom. The molecule has 1 aromatic rings. The molecular weight excluding hydrogens is 208 g/mol. The van der Waals surface area contributed by atoms with Gasteiger partial charge in [-0.2, -0.15) is 5.10 Å². The molecular formula is C11H16N2O3. The summed E-state index contributed by atoms with van der Waals surface area (Å²) in [5.41, 5.74) is 1.82. The lowest BCUT2D eigenvalue weighted by molar-refractivity contribution is -0.144. The van der Waals surface area contributed by atoms with Crippen LogP contribution in [0.5, 0.6) is 5.88 Å². The zero-order valence-corrected chi connectivity index (χ0v) is 9.40. The third-order valence-corrected chi connectivity index (χ3v) is 2.78. The van der Waals surface area contributed by atoms with Crippen LogP contribution in [0.25, 0.3) is 0 Å². The van der Waals surface area contributed by atoms with Crippen molar-refractivity contribution in [2.24, 2.45) is 0 Å². The van der Waals surface area contributed by atoms with Gasteiger partial charge in [0.25, 0.3) is 0 Å². The lowest BCUT2D eigenvalue weighted by Gasteiger charge is -2.07. The number of hydrogen-bond acceptors (Lipinski definition) is 4. The first-order valence-electron chi connectivity index (χ1n) is 5.65. The van der Waals surface area contributed by atoms with E-state index < -0.39 is 0 Å². The van der Waals surface area contributed by atoms with E-state index in [1.165, 1.54) is 4.68 Å². The Kier molecular flexibility index (Phi) is 3.12. The van der Waals surface area contributed by atoms with Crippen LogP contribution < -0.4 is 0 Å². The number of aryl methyl sites for hydroxylation is 1. The van der Waals surface area contributed by atoms with Crippen LogP contribution in [-0.2, 0) is 28.9 Å². The lowest BCUT2D eigenvalue weighted by Crippen LogP contribution is -2.14. The van der Waals surface area contributed by atoms with Gasteiger partial charge in [-0.1, -0.05) is 0 Å². The first kappa shape index (κ1) is 11.0. The minimum Gasteiger partial charge on any atom is -0.493 e. The normalized spacial score (nSPS) is 14.6. The van der Waals surface area contributed by atoms with Crippen molar-refractivity contribution in [3.8, 4) is 5.88 Å². The third-order valence-electron chi connectivity index (χ3n) is 2.78. The monoisotopic (exact) mass is 224 g/mol. The standard InChI is InChI=1S/C11H16N2O3/c1-2-16-10(14)7-13-11(15)8-5-3-4-6-9(8)12-13/h15H,2-7H2,1H3. The predicted molar refractivity (Wildman–Crippen MR) is 57.2 cm³/mol. The first-order valence-corrected chi connectivity index (χ1v) is 5.65. The molecule has 1 aliphatic rings. The molecule has 0 saturated carbocycles. The number of carbonyl (C=O) groups excluding carboxylic acids is 1. The van der Waals surface area contributed by atoms with Crippen molar-refractivity contribution in [3.05, 3.63) is 11.3 Å². The molecule has 0 spiro atoms. The molecule has 0 aliphatic heterocycles. The number of aromatic hydroxyl groups is 1. The van der Waals surface area contributed by atoms with Crippen molar-refractivity contribution >= 4 is 5.97 Å². The topological polar surface area (TPSA) is 64.4 Å². The fraction of sp³-hybridized carbons (Fsp3) is 0.636. The van der Waals surface area contributed by atoms with Crippen LogP contribution in [-0.4, -0.2) is 27.5 Å². The minimum absolute atomic E-state index is 0.00727. The van der Waals surface area contributed by atoms with Crippen molar-refractivity contribution in [2.75, 3.05) is 6.61 Å². The van der Waals surface area contributed by atoms with E-state index in [4.69, 9.17) is 4.74 Å². The van der Waals surface area contributed by atoms with Gasteiger partial charge in [0, 0.05) is 5.56 Å². The van der Waals surface area contributed by atoms with Gasteiger partial charge in [-0.25, -0.2) is 4.68 Å². The third kappa shape index (κ3) is 2.03. The number of nitrogens with zero attached hydrogens (tertiary/aromatic N) is 2. The van der Waals surface area contributed by atoms with Gasteiger partial charge in [0.2, 0.25) is 5.88 Å². The number of fused-ring (bicyclic) bond motifs is 1. The second kappa shape index (κ2) is 4.55. The highest BCUT2D eigenvalue weighted by Crippen LogP contribution is 2.28. The van der Waals surface area contributed by atoms with Crippen molar-refractivity contribution in [1.82, 2.24) is 9.78 Å². The summed E-state index contributed by atoms with van der Waals surface area (Å²) in [5.74, 6) is -0.236. The summed E-state index contributed by atoms with van der Waals surface area (Å²) in [6, 6.07) is 0. The summed E-state index contributed by atoms with van der Waals surface area (Å²) in [6.45, 7) is 2.10. The molecule has 0 unspecified atom stereocenters. The Morgan fingerprint density at radius 2 is 2.25 bits per heavy atom. The molecule has 1 heterocycles. The van der Waals surface area contributed by atoms with E-state index in [1.54, 1.807) is 6.92 Å². The second-order valence-electron chi connectivity index (χ2n) is 3.92. The van der Waals surface area contributed by atoms with E-state index in [2.05, 4.69) is 5.10 Å². The van der Waals surface area contributed by atoms with Gasteiger partial charge in [-0.15, -0.1) is 0 Å². The molecule has 0 bridgehead atoms. The molecule has 1 aromatic heterocycles. The maximum Gasteiger partial charge on any atom is 0.327 e. The van der Waals surface area contributed by atoms with Gasteiger partial charge in [0.05, 0.1) is 12.3 Å². The SMILES string of the molecule is CCOC(=O)Cn1nc2c(c1O)CCCC2. The van der Waals surface area contributed by atoms with Gasteiger partial charge < -0.3 is 9.84 Å². The number of ether oxygens (including phenoxy) is 1. The maximum absolute atomic E-state index is 11.3. The molecule has 1 aliphatic carbocycles. The molecule has 5 heteroatoms. The molecule has 5 nitrogen and oxygen atoms in total. The average molecular weight is 224 g/mol. The van der Waals surface area contributed by atoms with Crippen LogP contribution >= 0.6 is 0 Å². The van der Waals surface area contributed by atoms with E-state index in [-0.39, 0.29) is 18.4 Å². The fourth-order valence-electron chi connectivity index (χ4n) is 2.03. The predicted octanol–water partition coefficient (Wildman–Crippen LogP) is 1.03. The van der Waals surface area contributed by atoms with Crippen LogP contribution in [0.2, 0.25) is 0 Å². The van der Waals surface area contributed by atoms with Crippen molar-refractivity contribution in [3.63, 3.8) is 0 Å². The van der Waals surface area contributed by atoms with Crippen molar-refractivity contribution in [1.29, 1.82) is 0 Å². The molecule has 0 amide bonds.